The van der Waals surface area contributed by atoms with Crippen molar-refractivity contribution >= 4 is 0 Å². The van der Waals surface area contributed by atoms with E-state index < -0.39 is 24.7 Å². The summed E-state index contributed by atoms with van der Waals surface area (Å²) >= 11 is 0. The summed E-state index contributed by atoms with van der Waals surface area (Å²) in [4.78, 5) is 0. The van der Waals surface area contributed by atoms with Gasteiger partial charge in [-0.3, -0.25) is 0 Å². The fraction of sp³-hybridized carbons (Fsp3) is 1.00. The van der Waals surface area contributed by atoms with Crippen LogP contribution in [-0.2, 0) is 9.47 Å². The monoisotopic (exact) mass is 226 g/mol. The molecule has 0 rings (SSSR count). The van der Waals surface area contributed by atoms with Crippen LogP contribution in [0.5, 0.6) is 0 Å². The molecule has 0 amide bonds. The second kappa shape index (κ2) is 3.93. The van der Waals surface area contributed by atoms with Crippen LogP contribution in [0.15, 0.2) is 0 Å². The average Bonchev–Trinajstić information content (AvgIpc) is 1.94. The molecule has 0 aliphatic carbocycles. The summed E-state index contributed by atoms with van der Waals surface area (Å²) in [5.41, 5.74) is 0. The van der Waals surface area contributed by atoms with Crippen molar-refractivity contribution in [2.24, 2.45) is 0 Å². The maximum absolute atomic E-state index is 12.1. The second-order valence-corrected chi connectivity index (χ2v) is 2.25. The zero-order valence-electron chi connectivity index (χ0n) is 7.29. The highest BCUT2D eigenvalue weighted by Crippen LogP contribution is 2.46. The van der Waals surface area contributed by atoms with Gasteiger partial charge in [-0.1, -0.05) is 0 Å². The lowest BCUT2D eigenvalue weighted by Gasteiger charge is -2.34. The van der Waals surface area contributed by atoms with Gasteiger partial charge in [-0.05, 0) is 6.92 Å². The molecule has 0 heterocycles. The lowest BCUT2D eigenvalue weighted by atomic mass is 10.2. The Kier molecular flexibility index (Phi) is 3.79. The summed E-state index contributed by atoms with van der Waals surface area (Å²) in [5.74, 6) is -4.53. The fourth-order valence-corrected chi connectivity index (χ4v) is 0.818. The number of methoxy groups -OCH3 is 1. The van der Waals surface area contributed by atoms with Gasteiger partial charge in [-0.25, -0.2) is 0 Å². The van der Waals surface area contributed by atoms with E-state index in [9.17, 15) is 26.3 Å². The van der Waals surface area contributed by atoms with Crippen LogP contribution in [0.1, 0.15) is 6.92 Å². The molecule has 0 bridgehead atoms. The Hall–Kier alpha value is -0.500. The molecule has 8 heteroatoms. The van der Waals surface area contributed by atoms with Crippen LogP contribution in [0.2, 0.25) is 0 Å². The van der Waals surface area contributed by atoms with Gasteiger partial charge in [0, 0.05) is 13.7 Å². The van der Waals surface area contributed by atoms with E-state index in [0.717, 1.165) is 6.92 Å². The topological polar surface area (TPSA) is 18.5 Å². The van der Waals surface area contributed by atoms with Crippen molar-refractivity contribution < 1.29 is 35.8 Å². The lowest BCUT2D eigenvalue weighted by molar-refractivity contribution is -0.462. The molecule has 0 atom stereocenters. The van der Waals surface area contributed by atoms with Crippen LogP contribution in [0, 0.1) is 0 Å². The number of ether oxygens (including phenoxy) is 2. The molecule has 0 aliphatic heterocycles. The van der Waals surface area contributed by atoms with E-state index in [1.54, 1.807) is 0 Å². The molecule has 0 saturated carbocycles. The van der Waals surface area contributed by atoms with Gasteiger partial charge >= 0.3 is 18.1 Å². The Morgan fingerprint density at radius 1 is 0.929 bits per heavy atom. The minimum atomic E-state index is -5.67. The largest absolute Gasteiger partial charge is 0.453 e. The first-order valence-corrected chi connectivity index (χ1v) is 3.45. The average molecular weight is 226 g/mol. The van der Waals surface area contributed by atoms with E-state index in [1.165, 1.54) is 0 Å². The molecule has 2 nitrogen and oxygen atoms in total. The van der Waals surface area contributed by atoms with E-state index in [0.29, 0.717) is 0 Å². The summed E-state index contributed by atoms with van der Waals surface area (Å²) in [6, 6.07) is 0. The minimum Gasteiger partial charge on any atom is -0.339 e. The van der Waals surface area contributed by atoms with Gasteiger partial charge < -0.3 is 9.47 Å². The molecular formula is C6H8F6O2. The molecule has 0 spiro atoms. The summed E-state index contributed by atoms with van der Waals surface area (Å²) < 4.78 is 79.6. The second-order valence-electron chi connectivity index (χ2n) is 2.25. The molecule has 0 aromatic carbocycles. The molecule has 0 aliphatic rings. The van der Waals surface area contributed by atoms with Gasteiger partial charge in [-0.2, -0.15) is 26.3 Å². The van der Waals surface area contributed by atoms with Crippen molar-refractivity contribution in [3.05, 3.63) is 0 Å². The third-order valence-corrected chi connectivity index (χ3v) is 1.38. The summed E-state index contributed by atoms with van der Waals surface area (Å²) in [5, 5.41) is 0. The lowest BCUT2D eigenvalue weighted by Crippen LogP contribution is -2.60. The van der Waals surface area contributed by atoms with Crippen molar-refractivity contribution in [2.45, 2.75) is 25.1 Å². The van der Waals surface area contributed by atoms with Crippen LogP contribution in [0.3, 0.4) is 0 Å². The molecule has 0 fully saturated rings. The minimum absolute atomic E-state index is 0.288. The Bertz CT molecular complexity index is 170. The molecule has 0 radical (unpaired) electrons. The number of alkyl halides is 6. The molecule has 86 valence electrons. The Labute approximate surface area is 75.8 Å². The SMILES string of the molecule is CCOC(OC)(C(F)(F)F)C(F)(F)F. The zero-order valence-corrected chi connectivity index (χ0v) is 7.29. The highest BCUT2D eigenvalue weighted by Gasteiger charge is 2.74. The molecule has 14 heavy (non-hydrogen) atoms. The third-order valence-electron chi connectivity index (χ3n) is 1.38. The van der Waals surface area contributed by atoms with Crippen molar-refractivity contribution in [3.8, 4) is 0 Å². The fourth-order valence-electron chi connectivity index (χ4n) is 0.818. The highest BCUT2D eigenvalue weighted by molar-refractivity contribution is 4.86. The Morgan fingerprint density at radius 3 is 1.36 bits per heavy atom. The Balaban J connectivity index is 5.21. The highest BCUT2D eigenvalue weighted by atomic mass is 19.4. The normalized spacial score (nSPS) is 14.6. The van der Waals surface area contributed by atoms with E-state index >= 15 is 0 Å². The smallest absolute Gasteiger partial charge is 0.339 e. The van der Waals surface area contributed by atoms with Crippen LogP contribution >= 0.6 is 0 Å². The number of hydrogen-bond acceptors (Lipinski definition) is 2. The van der Waals surface area contributed by atoms with E-state index in [4.69, 9.17) is 0 Å². The molecule has 0 aromatic heterocycles. The van der Waals surface area contributed by atoms with Crippen LogP contribution in [0.4, 0.5) is 26.3 Å². The molecule has 0 N–H and O–H groups in total. The van der Waals surface area contributed by atoms with Gasteiger partial charge in [0.05, 0.1) is 0 Å². The van der Waals surface area contributed by atoms with Crippen molar-refractivity contribution in [1.82, 2.24) is 0 Å². The maximum Gasteiger partial charge on any atom is 0.453 e. The predicted octanol–water partition coefficient (Wildman–Crippen LogP) is 2.49. The first-order valence-electron chi connectivity index (χ1n) is 3.45. The molecule has 0 saturated heterocycles. The van der Waals surface area contributed by atoms with E-state index in [-0.39, 0.29) is 7.11 Å². The first kappa shape index (κ1) is 13.5. The van der Waals surface area contributed by atoms with Crippen LogP contribution in [0.25, 0.3) is 0 Å². The third kappa shape index (κ3) is 2.11. The van der Waals surface area contributed by atoms with Gasteiger partial charge in [0.1, 0.15) is 0 Å². The van der Waals surface area contributed by atoms with E-state index in [1.807, 2.05) is 0 Å². The first-order chi connectivity index (χ1) is 6.12. The van der Waals surface area contributed by atoms with Crippen molar-refractivity contribution in [2.75, 3.05) is 13.7 Å². The Morgan fingerprint density at radius 2 is 1.29 bits per heavy atom. The predicted molar refractivity (Wildman–Crippen MR) is 33.5 cm³/mol. The molecule has 0 aromatic rings. The number of halogens is 6. The van der Waals surface area contributed by atoms with Crippen molar-refractivity contribution in [1.29, 1.82) is 0 Å². The zero-order chi connectivity index (χ0) is 11.6. The van der Waals surface area contributed by atoms with Gasteiger partial charge in [-0.15, -0.1) is 0 Å². The quantitative estimate of drug-likeness (QED) is 0.543. The summed E-state index contributed by atoms with van der Waals surface area (Å²) in [7, 11) is 0.288. The molecule has 0 unspecified atom stereocenters. The summed E-state index contributed by atoms with van der Waals surface area (Å²) in [6.07, 6.45) is -11.3. The van der Waals surface area contributed by atoms with Gasteiger partial charge in [0.15, 0.2) is 0 Å². The van der Waals surface area contributed by atoms with E-state index in [2.05, 4.69) is 9.47 Å². The summed E-state index contributed by atoms with van der Waals surface area (Å²) in [6.45, 7) is 0.234. The number of rotatable bonds is 3. The number of hydrogen-bond donors (Lipinski definition) is 0. The van der Waals surface area contributed by atoms with Crippen LogP contribution in [-0.4, -0.2) is 31.9 Å². The molecular weight excluding hydrogens is 218 g/mol. The van der Waals surface area contributed by atoms with Crippen molar-refractivity contribution in [3.63, 3.8) is 0 Å². The van der Waals surface area contributed by atoms with Crippen LogP contribution < -0.4 is 0 Å². The standard InChI is InChI=1S/C6H8F6O2/c1-3-14-4(13-2,5(7,8)9)6(10,11)12/h3H2,1-2H3. The van der Waals surface area contributed by atoms with Gasteiger partial charge in [0.25, 0.3) is 0 Å². The van der Waals surface area contributed by atoms with Gasteiger partial charge in [0.2, 0.25) is 0 Å². The maximum atomic E-state index is 12.1.